The second-order valence-corrected chi connectivity index (χ2v) is 11.1. The summed E-state index contributed by atoms with van der Waals surface area (Å²) in [5, 5.41) is 4.22. The van der Waals surface area contributed by atoms with Gasteiger partial charge in [0.05, 0.1) is 0 Å². The SMILES string of the molecule is C1=CC(c2nc(-c3ccccc3)nc(-c3cccc4oc5cc(-c6cccc7oc8ccccc8c67)ccc5c34)n2)=CCC1. The maximum atomic E-state index is 6.50. The molecule has 0 saturated heterocycles. The summed E-state index contributed by atoms with van der Waals surface area (Å²) in [6.07, 6.45) is 8.49. The molecule has 8 aromatic rings. The van der Waals surface area contributed by atoms with Gasteiger partial charge in [0.25, 0.3) is 0 Å². The lowest BCUT2D eigenvalue weighted by Gasteiger charge is -2.11. The quantitative estimate of drug-likeness (QED) is 0.212. The molecule has 5 aromatic carbocycles. The molecule has 3 aromatic heterocycles. The van der Waals surface area contributed by atoms with Crippen molar-refractivity contribution in [3.05, 3.63) is 133 Å². The average molecular weight is 568 g/mol. The van der Waals surface area contributed by atoms with E-state index in [2.05, 4.69) is 60.7 Å². The number of rotatable bonds is 4. The van der Waals surface area contributed by atoms with Gasteiger partial charge >= 0.3 is 0 Å². The Bertz CT molecular complexity index is 2450. The van der Waals surface area contributed by atoms with Crippen molar-refractivity contribution in [2.75, 3.05) is 0 Å². The minimum atomic E-state index is 0.626. The molecule has 9 rings (SSSR count). The highest BCUT2D eigenvalue weighted by Gasteiger charge is 2.19. The van der Waals surface area contributed by atoms with E-state index in [1.54, 1.807) is 0 Å². The molecule has 208 valence electrons. The molecule has 0 bridgehead atoms. The van der Waals surface area contributed by atoms with Gasteiger partial charge in [-0.05, 0) is 54.3 Å². The first-order valence-corrected chi connectivity index (χ1v) is 14.8. The summed E-state index contributed by atoms with van der Waals surface area (Å²) in [5.41, 5.74) is 8.43. The molecule has 0 radical (unpaired) electrons. The van der Waals surface area contributed by atoms with Crippen LogP contribution in [0.5, 0.6) is 0 Å². The Balaban J connectivity index is 1.24. The number of fused-ring (bicyclic) bond motifs is 6. The predicted molar refractivity (Wildman–Crippen MR) is 177 cm³/mol. The Morgan fingerprint density at radius 2 is 1.16 bits per heavy atom. The lowest BCUT2D eigenvalue weighted by molar-refractivity contribution is 0.668. The standard InChI is InChI=1S/C39H25N3O2/c1-3-11-24(12-4-1)37-40-38(25-13-5-2-6-14-25)42-39(41-37)30-17-10-20-33-36(30)29-22-21-26(23-34(29)44-33)27-16-9-19-32-35(27)28-15-7-8-18-31(28)43-32/h1,3-5,7-23H,2,6H2. The van der Waals surface area contributed by atoms with E-state index in [0.717, 1.165) is 84.5 Å². The van der Waals surface area contributed by atoms with Gasteiger partial charge in [0.1, 0.15) is 22.3 Å². The second kappa shape index (κ2) is 9.89. The van der Waals surface area contributed by atoms with Crippen LogP contribution < -0.4 is 0 Å². The highest BCUT2D eigenvalue weighted by Crippen LogP contribution is 2.41. The lowest BCUT2D eigenvalue weighted by atomic mass is 9.98. The van der Waals surface area contributed by atoms with Crippen LogP contribution in [0.25, 0.3) is 83.4 Å². The topological polar surface area (TPSA) is 65.0 Å². The molecular weight excluding hydrogens is 542 g/mol. The molecule has 0 amide bonds. The third kappa shape index (κ3) is 3.97. The molecule has 3 heterocycles. The molecular formula is C39H25N3O2. The van der Waals surface area contributed by atoms with Crippen molar-refractivity contribution in [2.45, 2.75) is 12.8 Å². The van der Waals surface area contributed by atoms with Crippen LogP contribution in [0, 0.1) is 0 Å². The predicted octanol–water partition coefficient (Wildman–Crippen LogP) is 10.4. The van der Waals surface area contributed by atoms with Gasteiger partial charge in [0.15, 0.2) is 17.5 Å². The maximum absolute atomic E-state index is 6.50. The van der Waals surface area contributed by atoms with Crippen molar-refractivity contribution in [3.63, 3.8) is 0 Å². The molecule has 5 nitrogen and oxygen atoms in total. The molecule has 0 saturated carbocycles. The van der Waals surface area contributed by atoms with Crippen molar-refractivity contribution in [2.24, 2.45) is 0 Å². The van der Waals surface area contributed by atoms with Crippen LogP contribution >= 0.6 is 0 Å². The molecule has 0 aliphatic heterocycles. The number of furan rings is 2. The van der Waals surface area contributed by atoms with E-state index in [9.17, 15) is 0 Å². The number of allylic oxidation sites excluding steroid dienone is 4. The molecule has 0 N–H and O–H groups in total. The highest BCUT2D eigenvalue weighted by molar-refractivity contribution is 6.15. The first kappa shape index (κ1) is 24.8. The van der Waals surface area contributed by atoms with E-state index in [-0.39, 0.29) is 0 Å². The van der Waals surface area contributed by atoms with Crippen LogP contribution in [0.2, 0.25) is 0 Å². The van der Waals surface area contributed by atoms with Crippen molar-refractivity contribution < 1.29 is 8.83 Å². The fraction of sp³-hybridized carbons (Fsp3) is 0.0513. The Labute approximate surface area is 252 Å². The van der Waals surface area contributed by atoms with Gasteiger partial charge in [-0.15, -0.1) is 0 Å². The monoisotopic (exact) mass is 567 g/mol. The third-order valence-electron chi connectivity index (χ3n) is 8.37. The van der Waals surface area contributed by atoms with E-state index >= 15 is 0 Å². The minimum Gasteiger partial charge on any atom is -0.456 e. The van der Waals surface area contributed by atoms with Gasteiger partial charge < -0.3 is 8.83 Å². The molecule has 0 fully saturated rings. The van der Waals surface area contributed by atoms with Gasteiger partial charge in [-0.1, -0.05) is 97.1 Å². The van der Waals surface area contributed by atoms with Crippen molar-refractivity contribution in [1.82, 2.24) is 15.0 Å². The number of hydrogen-bond acceptors (Lipinski definition) is 5. The maximum Gasteiger partial charge on any atom is 0.164 e. The molecule has 1 aliphatic rings. The zero-order chi connectivity index (χ0) is 29.0. The van der Waals surface area contributed by atoms with Crippen molar-refractivity contribution in [3.8, 4) is 33.9 Å². The first-order chi connectivity index (χ1) is 21.8. The minimum absolute atomic E-state index is 0.626. The van der Waals surface area contributed by atoms with Crippen LogP contribution in [0.1, 0.15) is 18.7 Å². The average Bonchev–Trinajstić information content (AvgIpc) is 3.67. The summed E-state index contributed by atoms with van der Waals surface area (Å²) in [7, 11) is 0. The molecule has 44 heavy (non-hydrogen) atoms. The van der Waals surface area contributed by atoms with Crippen molar-refractivity contribution >= 4 is 49.5 Å². The Kier molecular flexibility index (Phi) is 5.56. The van der Waals surface area contributed by atoms with Crippen LogP contribution in [0.4, 0.5) is 0 Å². The summed E-state index contributed by atoms with van der Waals surface area (Å²) < 4.78 is 12.7. The van der Waals surface area contributed by atoms with Crippen LogP contribution in [0.15, 0.2) is 136 Å². The number of para-hydroxylation sites is 1. The van der Waals surface area contributed by atoms with Crippen molar-refractivity contribution in [1.29, 1.82) is 0 Å². The highest BCUT2D eigenvalue weighted by atomic mass is 16.3. The van der Waals surface area contributed by atoms with E-state index < -0.39 is 0 Å². The van der Waals surface area contributed by atoms with Crippen LogP contribution in [-0.4, -0.2) is 15.0 Å². The molecule has 0 spiro atoms. The summed E-state index contributed by atoms with van der Waals surface area (Å²) in [4.78, 5) is 14.9. The van der Waals surface area contributed by atoms with E-state index in [1.807, 2.05) is 66.7 Å². The van der Waals surface area contributed by atoms with Gasteiger partial charge in [-0.3, -0.25) is 0 Å². The Hall–Kier alpha value is -5.81. The molecule has 1 aliphatic carbocycles. The molecule has 5 heteroatoms. The van der Waals surface area contributed by atoms with E-state index in [0.29, 0.717) is 17.5 Å². The number of hydrogen-bond donors (Lipinski definition) is 0. The molecule has 0 unspecified atom stereocenters. The van der Waals surface area contributed by atoms with Crippen LogP contribution in [0.3, 0.4) is 0 Å². The van der Waals surface area contributed by atoms with Gasteiger partial charge in [0, 0.05) is 38.2 Å². The number of nitrogens with zero attached hydrogens (tertiary/aromatic N) is 3. The van der Waals surface area contributed by atoms with Gasteiger partial charge in [-0.2, -0.15) is 0 Å². The number of aromatic nitrogens is 3. The second-order valence-electron chi connectivity index (χ2n) is 11.1. The Morgan fingerprint density at radius 1 is 0.477 bits per heavy atom. The fourth-order valence-electron chi connectivity index (χ4n) is 6.32. The van der Waals surface area contributed by atoms with Crippen LogP contribution in [-0.2, 0) is 0 Å². The first-order valence-electron chi connectivity index (χ1n) is 14.8. The fourth-order valence-corrected chi connectivity index (χ4v) is 6.32. The van der Waals surface area contributed by atoms with E-state index in [4.69, 9.17) is 23.8 Å². The summed E-state index contributed by atoms with van der Waals surface area (Å²) in [6, 6.07) is 37.0. The molecule has 0 atom stereocenters. The zero-order valence-electron chi connectivity index (χ0n) is 23.7. The van der Waals surface area contributed by atoms with E-state index in [1.165, 1.54) is 0 Å². The summed E-state index contributed by atoms with van der Waals surface area (Å²) >= 11 is 0. The van der Waals surface area contributed by atoms with Gasteiger partial charge in [0.2, 0.25) is 0 Å². The Morgan fingerprint density at radius 3 is 2.00 bits per heavy atom. The normalized spacial score (nSPS) is 13.3. The third-order valence-corrected chi connectivity index (χ3v) is 8.37. The lowest BCUT2D eigenvalue weighted by Crippen LogP contribution is -2.03. The largest absolute Gasteiger partial charge is 0.456 e. The number of benzene rings is 5. The van der Waals surface area contributed by atoms with Gasteiger partial charge in [-0.25, -0.2) is 15.0 Å². The zero-order valence-corrected chi connectivity index (χ0v) is 23.7. The summed E-state index contributed by atoms with van der Waals surface area (Å²) in [5.74, 6) is 1.95. The summed E-state index contributed by atoms with van der Waals surface area (Å²) in [6.45, 7) is 0. The smallest absolute Gasteiger partial charge is 0.164 e.